The zero-order chi connectivity index (χ0) is 20.3. The zero-order valence-corrected chi connectivity index (χ0v) is 15.8. The van der Waals surface area contributed by atoms with Crippen LogP contribution in [0.3, 0.4) is 0 Å². The molecule has 0 bridgehead atoms. The Hall–Kier alpha value is -3.23. The molecule has 3 rings (SSSR count). The number of halogens is 1. The Morgan fingerprint density at radius 1 is 1.18 bits per heavy atom. The molecule has 2 aromatic heterocycles. The van der Waals surface area contributed by atoms with Crippen molar-refractivity contribution in [2.45, 2.75) is 32.9 Å². The minimum Gasteiger partial charge on any atom is -0.355 e. The standard InChI is InChI=1S/C19H22FN5O3/c1-3-4-9-21-16(26)12-24-15-11-23(2)22-17(15)18(27)25(19(24)28)10-13-5-7-14(20)8-6-13/h5-8,11H,3-4,9-10,12H2,1-2H3,(H,21,26). The lowest BCUT2D eigenvalue weighted by Gasteiger charge is -2.12. The molecule has 9 heteroatoms. The summed E-state index contributed by atoms with van der Waals surface area (Å²) in [6.07, 6.45) is 3.32. The Kier molecular flexibility index (Phi) is 5.72. The summed E-state index contributed by atoms with van der Waals surface area (Å²) >= 11 is 0. The number of aryl methyl sites for hydroxylation is 1. The molecule has 0 fully saturated rings. The number of hydrogen-bond donors (Lipinski definition) is 1. The molecule has 0 saturated carbocycles. The third kappa shape index (κ3) is 4.03. The molecule has 0 aliphatic heterocycles. The van der Waals surface area contributed by atoms with E-state index in [-0.39, 0.29) is 24.5 Å². The van der Waals surface area contributed by atoms with E-state index >= 15 is 0 Å². The van der Waals surface area contributed by atoms with Crippen molar-refractivity contribution in [1.29, 1.82) is 0 Å². The number of amides is 1. The molecule has 0 saturated heterocycles. The fraction of sp³-hybridized carbons (Fsp3) is 0.368. The molecule has 0 spiro atoms. The summed E-state index contributed by atoms with van der Waals surface area (Å²) in [4.78, 5) is 38.0. The van der Waals surface area contributed by atoms with E-state index in [1.165, 1.54) is 33.5 Å². The monoisotopic (exact) mass is 387 g/mol. The Bertz CT molecular complexity index is 1110. The average molecular weight is 387 g/mol. The van der Waals surface area contributed by atoms with Crippen LogP contribution in [-0.4, -0.2) is 31.4 Å². The van der Waals surface area contributed by atoms with Crippen molar-refractivity contribution in [3.05, 3.63) is 62.7 Å². The smallest absolute Gasteiger partial charge is 0.332 e. The minimum absolute atomic E-state index is 0.0398. The van der Waals surface area contributed by atoms with Crippen LogP contribution in [0.4, 0.5) is 4.39 Å². The van der Waals surface area contributed by atoms with Crippen LogP contribution < -0.4 is 16.6 Å². The summed E-state index contributed by atoms with van der Waals surface area (Å²) in [5.41, 5.74) is -0.160. The van der Waals surface area contributed by atoms with Gasteiger partial charge >= 0.3 is 5.69 Å². The molecule has 1 N–H and O–H groups in total. The van der Waals surface area contributed by atoms with Gasteiger partial charge < -0.3 is 5.32 Å². The highest BCUT2D eigenvalue weighted by molar-refractivity contribution is 5.79. The van der Waals surface area contributed by atoms with E-state index in [1.54, 1.807) is 13.2 Å². The van der Waals surface area contributed by atoms with Crippen LogP contribution in [0.5, 0.6) is 0 Å². The molecule has 0 aliphatic rings. The molecule has 0 atom stereocenters. The molecule has 0 unspecified atom stereocenters. The van der Waals surface area contributed by atoms with Gasteiger partial charge in [0.05, 0.1) is 12.1 Å². The van der Waals surface area contributed by atoms with Crippen LogP contribution in [0.1, 0.15) is 25.3 Å². The Morgan fingerprint density at radius 2 is 1.89 bits per heavy atom. The van der Waals surface area contributed by atoms with Crippen LogP contribution in [0, 0.1) is 5.82 Å². The summed E-state index contributed by atoms with van der Waals surface area (Å²) in [5, 5.41) is 6.91. The van der Waals surface area contributed by atoms with Crippen molar-refractivity contribution >= 4 is 16.9 Å². The Balaban J connectivity index is 2.04. The first kappa shape index (κ1) is 19.5. The number of nitrogens with one attached hydrogen (secondary N) is 1. The fourth-order valence-corrected chi connectivity index (χ4v) is 2.96. The number of fused-ring (bicyclic) bond motifs is 1. The largest absolute Gasteiger partial charge is 0.355 e. The third-order valence-corrected chi connectivity index (χ3v) is 4.42. The van der Waals surface area contributed by atoms with Crippen molar-refractivity contribution < 1.29 is 9.18 Å². The normalized spacial score (nSPS) is 11.1. The topological polar surface area (TPSA) is 90.9 Å². The van der Waals surface area contributed by atoms with Crippen LogP contribution in [0.2, 0.25) is 0 Å². The molecule has 148 valence electrons. The molecule has 0 aliphatic carbocycles. The molecule has 2 heterocycles. The number of carbonyl (C=O) groups excluding carboxylic acids is 1. The SMILES string of the molecule is CCCCNC(=O)Cn1c(=O)n(Cc2ccc(F)cc2)c(=O)c2nn(C)cc21. The molecule has 28 heavy (non-hydrogen) atoms. The number of benzene rings is 1. The minimum atomic E-state index is -0.611. The lowest BCUT2D eigenvalue weighted by molar-refractivity contribution is -0.121. The molecular formula is C19H22FN5O3. The molecular weight excluding hydrogens is 365 g/mol. The molecule has 0 radical (unpaired) electrons. The lowest BCUT2D eigenvalue weighted by Crippen LogP contribution is -2.42. The van der Waals surface area contributed by atoms with Crippen molar-refractivity contribution in [2.24, 2.45) is 7.05 Å². The van der Waals surface area contributed by atoms with E-state index in [2.05, 4.69) is 10.4 Å². The third-order valence-electron chi connectivity index (χ3n) is 4.42. The first-order valence-electron chi connectivity index (χ1n) is 9.09. The van der Waals surface area contributed by atoms with Gasteiger partial charge in [-0.15, -0.1) is 0 Å². The highest BCUT2D eigenvalue weighted by Gasteiger charge is 2.18. The number of hydrogen-bond acceptors (Lipinski definition) is 4. The van der Waals surface area contributed by atoms with Gasteiger partial charge in [0.15, 0.2) is 5.52 Å². The maximum Gasteiger partial charge on any atom is 0.332 e. The second kappa shape index (κ2) is 8.20. The number of nitrogens with zero attached hydrogens (tertiary/aromatic N) is 4. The Labute approximate surface area is 160 Å². The summed E-state index contributed by atoms with van der Waals surface area (Å²) in [6, 6.07) is 5.54. The number of unbranched alkanes of at least 4 members (excludes halogenated alkanes) is 1. The highest BCUT2D eigenvalue weighted by atomic mass is 19.1. The summed E-state index contributed by atoms with van der Waals surface area (Å²) in [5.74, 6) is -0.717. The van der Waals surface area contributed by atoms with Crippen molar-refractivity contribution in [3.63, 3.8) is 0 Å². The molecule has 3 aromatic rings. The van der Waals surface area contributed by atoms with Gasteiger partial charge in [0, 0.05) is 19.8 Å². The van der Waals surface area contributed by atoms with E-state index in [0.29, 0.717) is 17.6 Å². The first-order valence-corrected chi connectivity index (χ1v) is 9.09. The van der Waals surface area contributed by atoms with Gasteiger partial charge in [-0.3, -0.25) is 23.4 Å². The van der Waals surface area contributed by atoms with E-state index in [9.17, 15) is 18.8 Å². The van der Waals surface area contributed by atoms with Gasteiger partial charge in [-0.1, -0.05) is 25.5 Å². The van der Waals surface area contributed by atoms with E-state index in [4.69, 9.17) is 0 Å². The highest BCUT2D eigenvalue weighted by Crippen LogP contribution is 2.07. The Morgan fingerprint density at radius 3 is 2.57 bits per heavy atom. The zero-order valence-electron chi connectivity index (χ0n) is 15.8. The van der Waals surface area contributed by atoms with E-state index in [1.807, 2.05) is 6.92 Å². The number of aromatic nitrogens is 4. The molecule has 1 aromatic carbocycles. The van der Waals surface area contributed by atoms with Gasteiger partial charge in [-0.05, 0) is 24.1 Å². The van der Waals surface area contributed by atoms with Crippen LogP contribution in [0.15, 0.2) is 40.1 Å². The maximum atomic E-state index is 13.1. The average Bonchev–Trinajstić information content (AvgIpc) is 3.06. The maximum absolute atomic E-state index is 13.1. The summed E-state index contributed by atoms with van der Waals surface area (Å²) in [6.45, 7) is 2.28. The van der Waals surface area contributed by atoms with Crippen LogP contribution in [-0.2, 0) is 24.9 Å². The van der Waals surface area contributed by atoms with Gasteiger partial charge in [0.25, 0.3) is 5.56 Å². The second-order valence-corrected chi connectivity index (χ2v) is 6.63. The summed E-state index contributed by atoms with van der Waals surface area (Å²) < 4.78 is 16.8. The van der Waals surface area contributed by atoms with Crippen LogP contribution >= 0.6 is 0 Å². The summed E-state index contributed by atoms with van der Waals surface area (Å²) in [7, 11) is 1.64. The van der Waals surface area contributed by atoms with Crippen molar-refractivity contribution in [1.82, 2.24) is 24.2 Å². The molecule has 8 nitrogen and oxygen atoms in total. The van der Waals surface area contributed by atoms with Gasteiger partial charge in [-0.25, -0.2) is 9.18 Å². The van der Waals surface area contributed by atoms with Gasteiger partial charge in [0.1, 0.15) is 12.4 Å². The molecule has 1 amide bonds. The second-order valence-electron chi connectivity index (χ2n) is 6.63. The quantitative estimate of drug-likeness (QED) is 0.613. The van der Waals surface area contributed by atoms with E-state index < -0.39 is 17.1 Å². The van der Waals surface area contributed by atoms with Crippen molar-refractivity contribution in [3.8, 4) is 0 Å². The fourth-order valence-electron chi connectivity index (χ4n) is 2.96. The predicted octanol–water partition coefficient (Wildman–Crippen LogP) is 1.00. The van der Waals surface area contributed by atoms with E-state index in [0.717, 1.165) is 17.4 Å². The van der Waals surface area contributed by atoms with Crippen molar-refractivity contribution in [2.75, 3.05) is 6.54 Å². The lowest BCUT2D eigenvalue weighted by atomic mass is 10.2. The van der Waals surface area contributed by atoms with Gasteiger partial charge in [-0.2, -0.15) is 5.10 Å². The number of rotatable bonds is 7. The van der Waals surface area contributed by atoms with Gasteiger partial charge in [0.2, 0.25) is 5.91 Å². The number of carbonyl (C=O) groups is 1. The van der Waals surface area contributed by atoms with Crippen LogP contribution in [0.25, 0.3) is 11.0 Å². The first-order chi connectivity index (χ1) is 13.4. The predicted molar refractivity (Wildman–Crippen MR) is 103 cm³/mol.